The molecule has 0 bridgehead atoms. The number of rotatable bonds is 1. The second kappa shape index (κ2) is 9.04. The molecule has 163 valence electrons. The van der Waals surface area contributed by atoms with Gasteiger partial charge in [-0.3, -0.25) is 9.54 Å². The first-order valence-corrected chi connectivity index (χ1v) is 11.5. The Bertz CT molecular complexity index is 1430. The molecule has 5 nitrogen and oxygen atoms in total. The van der Waals surface area contributed by atoms with Crippen LogP contribution < -0.4 is 0 Å². The predicted octanol–water partition coefficient (Wildman–Crippen LogP) is 5.00. The first-order chi connectivity index (χ1) is 15.0. The van der Waals surface area contributed by atoms with Crippen LogP contribution in [0.1, 0.15) is 28.7 Å². The molecule has 2 aliphatic carbocycles. The van der Waals surface area contributed by atoms with Crippen LogP contribution in [-0.4, -0.2) is 22.9 Å². The Hall–Kier alpha value is -2.70. The maximum Gasteiger partial charge on any atom is 0.312 e. The summed E-state index contributed by atoms with van der Waals surface area (Å²) in [6, 6.07) is 20.4. The van der Waals surface area contributed by atoms with Gasteiger partial charge in [0.2, 0.25) is 0 Å². The molecule has 0 spiro atoms. The minimum absolute atomic E-state index is 0. The van der Waals surface area contributed by atoms with Gasteiger partial charge in [-0.1, -0.05) is 48.8 Å². The summed E-state index contributed by atoms with van der Waals surface area (Å²) >= 11 is 0. The Morgan fingerprint density at radius 2 is 1.84 bits per heavy atom. The number of pyridine rings is 2. The number of hydrogen-bond donors (Lipinski definition) is 1. The quantitative estimate of drug-likeness (QED) is 0.211. The minimum atomic E-state index is -4.11. The zero-order chi connectivity index (χ0) is 21.4. The molecule has 1 radical (unpaired) electrons. The fraction of sp³-hybridized carbons (Fsp3) is 0.120. The topological polar surface area (TPSA) is 80.2 Å². The minimum Gasteiger partial charge on any atom is -0.296 e. The first kappa shape index (κ1) is 22.5. The van der Waals surface area contributed by atoms with Gasteiger partial charge in [-0.05, 0) is 41.4 Å². The van der Waals surface area contributed by atoms with E-state index in [4.69, 9.17) is 9.54 Å². The van der Waals surface area contributed by atoms with Gasteiger partial charge in [-0.25, -0.2) is 4.98 Å². The van der Waals surface area contributed by atoms with Gasteiger partial charge in [0, 0.05) is 31.7 Å². The largest absolute Gasteiger partial charge is 0.312 e. The van der Waals surface area contributed by atoms with Crippen LogP contribution >= 0.6 is 0 Å². The third-order valence-electron chi connectivity index (χ3n) is 5.57. The van der Waals surface area contributed by atoms with Crippen molar-refractivity contribution in [1.29, 1.82) is 0 Å². The number of hydrogen-bond acceptors (Lipinski definition) is 4. The summed E-state index contributed by atoms with van der Waals surface area (Å²) in [5.41, 5.74) is 8.94. The molecular formula is C25H19IrN2O3S-. The van der Waals surface area contributed by atoms with E-state index in [-0.39, 0.29) is 25.1 Å². The maximum atomic E-state index is 10.3. The molecule has 0 saturated heterocycles. The fourth-order valence-corrected chi connectivity index (χ4v) is 4.67. The Kier molecular flexibility index (Phi) is 6.35. The van der Waals surface area contributed by atoms with Gasteiger partial charge < -0.3 is 0 Å². The monoisotopic (exact) mass is 620 g/mol. The molecule has 2 aromatic heterocycles. The van der Waals surface area contributed by atoms with E-state index in [1.807, 2.05) is 6.07 Å². The third-order valence-corrected chi connectivity index (χ3v) is 6.34. The van der Waals surface area contributed by atoms with Crippen molar-refractivity contribution in [2.45, 2.75) is 24.3 Å². The molecule has 0 saturated carbocycles. The van der Waals surface area contributed by atoms with Crippen molar-refractivity contribution in [3.8, 4) is 11.3 Å². The first-order valence-electron chi connectivity index (χ1n) is 10.0. The number of aryl methyl sites for hydroxylation is 1. The van der Waals surface area contributed by atoms with Crippen LogP contribution in [-0.2, 0) is 43.1 Å². The molecule has 0 atom stereocenters. The average molecular weight is 620 g/mol. The zero-order valence-electron chi connectivity index (χ0n) is 16.9. The average Bonchev–Trinajstić information content (AvgIpc) is 3.13. The summed E-state index contributed by atoms with van der Waals surface area (Å²) in [5, 5.41) is 1.01. The van der Waals surface area contributed by atoms with E-state index in [2.05, 4.69) is 53.5 Å². The molecule has 1 N–H and O–H groups in total. The van der Waals surface area contributed by atoms with E-state index >= 15 is 0 Å². The van der Waals surface area contributed by atoms with Crippen LogP contribution in [0.5, 0.6) is 0 Å². The van der Waals surface area contributed by atoms with E-state index in [0.29, 0.717) is 0 Å². The van der Waals surface area contributed by atoms with Gasteiger partial charge in [0.05, 0.1) is 5.52 Å². The molecule has 0 unspecified atom stereocenters. The van der Waals surface area contributed by atoms with Crippen LogP contribution in [0, 0.1) is 6.07 Å². The summed E-state index contributed by atoms with van der Waals surface area (Å²) in [6.07, 6.45) is 9.20. The molecule has 2 aliphatic rings. The molecule has 4 aromatic rings. The van der Waals surface area contributed by atoms with Crippen LogP contribution in [0.3, 0.4) is 0 Å². The Morgan fingerprint density at radius 1 is 0.969 bits per heavy atom. The number of aromatic nitrogens is 2. The van der Waals surface area contributed by atoms with E-state index in [9.17, 15) is 8.42 Å². The van der Waals surface area contributed by atoms with Gasteiger partial charge in [0.15, 0.2) is 5.03 Å². The van der Waals surface area contributed by atoms with Gasteiger partial charge in [0.1, 0.15) is 0 Å². The summed E-state index contributed by atoms with van der Waals surface area (Å²) in [6.45, 7) is 0. The molecule has 32 heavy (non-hydrogen) atoms. The smallest absolute Gasteiger partial charge is 0.296 e. The van der Waals surface area contributed by atoms with Crippen LogP contribution in [0.15, 0.2) is 65.8 Å². The maximum absolute atomic E-state index is 10.3. The van der Waals surface area contributed by atoms with Crippen molar-refractivity contribution in [3.05, 3.63) is 89.1 Å². The molecule has 7 heteroatoms. The van der Waals surface area contributed by atoms with E-state index in [1.54, 1.807) is 6.07 Å². The van der Waals surface area contributed by atoms with Crippen LogP contribution in [0.4, 0.5) is 0 Å². The van der Waals surface area contributed by atoms with Crippen molar-refractivity contribution < 1.29 is 33.1 Å². The number of fused-ring (bicyclic) bond motifs is 4. The molecule has 6 rings (SSSR count). The molecular weight excluding hydrogens is 601 g/mol. The Balaban J connectivity index is 0.000000191. The molecule has 0 amide bonds. The summed E-state index contributed by atoms with van der Waals surface area (Å²) in [4.78, 5) is 8.42. The van der Waals surface area contributed by atoms with Crippen molar-refractivity contribution in [3.63, 3.8) is 0 Å². The van der Waals surface area contributed by atoms with Crippen molar-refractivity contribution in [1.82, 2.24) is 9.97 Å². The molecule has 0 fully saturated rings. The van der Waals surface area contributed by atoms with Crippen molar-refractivity contribution >= 4 is 33.2 Å². The number of benzene rings is 2. The molecule has 2 heterocycles. The fourth-order valence-electron chi connectivity index (χ4n) is 4.22. The van der Waals surface area contributed by atoms with Crippen molar-refractivity contribution in [2.24, 2.45) is 0 Å². The van der Waals surface area contributed by atoms with E-state index in [1.165, 1.54) is 58.0 Å². The second-order valence-electron chi connectivity index (χ2n) is 7.49. The zero-order valence-corrected chi connectivity index (χ0v) is 20.2. The van der Waals surface area contributed by atoms with Crippen LogP contribution in [0.2, 0.25) is 0 Å². The van der Waals surface area contributed by atoms with Gasteiger partial charge in [-0.15, -0.1) is 35.4 Å². The summed E-state index contributed by atoms with van der Waals surface area (Å²) < 4.78 is 29.1. The SMILES string of the molecule is O=S(=O)(O)c1ccccn1.[Ir].[c-]1cccc2c1-c1nc3cccc4c3c(c1CCC2)C=C4. The summed E-state index contributed by atoms with van der Waals surface area (Å²) in [7, 11) is -4.11. The predicted molar refractivity (Wildman–Crippen MR) is 121 cm³/mol. The summed E-state index contributed by atoms with van der Waals surface area (Å²) in [5.74, 6) is 0. The molecule has 2 aromatic carbocycles. The van der Waals surface area contributed by atoms with Gasteiger partial charge >= 0.3 is 10.1 Å². The molecule has 0 aliphatic heterocycles. The normalized spacial score (nSPS) is 13.3. The van der Waals surface area contributed by atoms with E-state index < -0.39 is 10.1 Å². The van der Waals surface area contributed by atoms with E-state index in [0.717, 1.165) is 24.1 Å². The van der Waals surface area contributed by atoms with Gasteiger partial charge in [0.25, 0.3) is 0 Å². The van der Waals surface area contributed by atoms with Crippen LogP contribution in [0.25, 0.3) is 34.3 Å². The van der Waals surface area contributed by atoms with Crippen molar-refractivity contribution in [2.75, 3.05) is 0 Å². The van der Waals surface area contributed by atoms with Gasteiger partial charge in [-0.2, -0.15) is 8.42 Å². The number of nitrogens with zero attached hydrogens (tertiary/aromatic N) is 2. The third kappa shape index (κ3) is 4.17. The standard InChI is InChI=1S/C20H14N.C5H5NO3S.Ir/c1-2-8-15-13(5-1)6-3-9-17-16-12-11-14-7-4-10-18(19(14)16)21-20(15)17;7-10(8,9)5-3-1-2-4-6-5;/h1-2,4-5,7,10-12H,3,6,9H2;1-4H,(H,7,8,9);/q-1;;. The Morgan fingerprint density at radius 3 is 2.59 bits per heavy atom. The Labute approximate surface area is 200 Å². The second-order valence-corrected chi connectivity index (χ2v) is 8.86.